The van der Waals surface area contributed by atoms with E-state index >= 15 is 0 Å². The summed E-state index contributed by atoms with van der Waals surface area (Å²) in [5.41, 5.74) is 0.356. The first-order chi connectivity index (χ1) is 7.09. The predicted octanol–water partition coefficient (Wildman–Crippen LogP) is 2.66. The average molecular weight is 249 g/mol. The molecule has 0 radical (unpaired) electrons. The zero-order chi connectivity index (χ0) is 11.0. The Morgan fingerprint density at radius 3 is 2.40 bits per heavy atom. The lowest BCUT2D eigenvalue weighted by Crippen LogP contribution is -2.28. The largest absolute Gasteiger partial charge is 0.336 e. The maximum Gasteiger partial charge on any atom is 0.322 e. The van der Waals surface area contributed by atoms with Gasteiger partial charge in [0.25, 0.3) is 0 Å². The summed E-state index contributed by atoms with van der Waals surface area (Å²) in [7, 11) is 0. The van der Waals surface area contributed by atoms with Crippen molar-refractivity contribution in [3.8, 4) is 0 Å². The molecule has 0 bridgehead atoms. The number of halogens is 3. The fourth-order valence-electron chi connectivity index (χ4n) is 1.48. The highest BCUT2D eigenvalue weighted by Gasteiger charge is 2.25. The quantitative estimate of drug-likeness (QED) is 0.815. The van der Waals surface area contributed by atoms with Gasteiger partial charge in [0.15, 0.2) is 0 Å². The molecule has 1 aliphatic heterocycles. The van der Waals surface area contributed by atoms with Gasteiger partial charge in [-0.1, -0.05) is 23.2 Å². The Bertz CT molecular complexity index is 402. The Balaban J connectivity index is 2.47. The van der Waals surface area contributed by atoms with E-state index in [4.69, 9.17) is 23.2 Å². The minimum Gasteiger partial charge on any atom is -0.336 e. The molecule has 1 fully saturated rings. The monoisotopic (exact) mass is 248 g/mol. The Morgan fingerprint density at radius 2 is 1.93 bits per heavy atom. The molecule has 1 heterocycles. The first-order valence-electron chi connectivity index (χ1n) is 4.29. The van der Waals surface area contributed by atoms with Gasteiger partial charge in [-0.3, -0.25) is 4.90 Å². The molecule has 15 heavy (non-hydrogen) atoms. The fraction of sp³-hybridized carbons (Fsp3) is 0.222. The number of rotatable bonds is 1. The molecule has 1 aliphatic rings. The first kappa shape index (κ1) is 10.5. The minimum atomic E-state index is -0.520. The number of carbonyl (C=O) groups is 1. The Hall–Kier alpha value is -1.00. The van der Waals surface area contributed by atoms with Crippen LogP contribution in [-0.4, -0.2) is 19.1 Å². The summed E-state index contributed by atoms with van der Waals surface area (Å²) in [6.07, 6.45) is 0. The molecule has 1 aromatic carbocycles. The first-order valence-corrected chi connectivity index (χ1v) is 5.05. The number of nitrogens with zero attached hydrogens (tertiary/aromatic N) is 1. The number of urea groups is 1. The van der Waals surface area contributed by atoms with Crippen molar-refractivity contribution >= 4 is 34.9 Å². The van der Waals surface area contributed by atoms with Crippen LogP contribution in [0, 0.1) is 5.82 Å². The molecule has 2 amide bonds. The second kappa shape index (κ2) is 3.87. The Morgan fingerprint density at radius 1 is 1.33 bits per heavy atom. The molecular formula is C9H7Cl2FN2O. The predicted molar refractivity (Wildman–Crippen MR) is 57.2 cm³/mol. The van der Waals surface area contributed by atoms with Crippen LogP contribution in [0.3, 0.4) is 0 Å². The van der Waals surface area contributed by atoms with Gasteiger partial charge < -0.3 is 5.32 Å². The normalized spacial score (nSPS) is 15.7. The molecule has 0 aliphatic carbocycles. The van der Waals surface area contributed by atoms with Crippen molar-refractivity contribution in [1.82, 2.24) is 5.32 Å². The van der Waals surface area contributed by atoms with Crippen LogP contribution >= 0.6 is 23.2 Å². The lowest BCUT2D eigenvalue weighted by atomic mass is 10.3. The van der Waals surface area contributed by atoms with Crippen LogP contribution in [0.2, 0.25) is 10.0 Å². The second-order valence-corrected chi connectivity index (χ2v) is 3.92. The van der Waals surface area contributed by atoms with Crippen LogP contribution in [0.1, 0.15) is 0 Å². The highest BCUT2D eigenvalue weighted by molar-refractivity contribution is 6.40. The highest BCUT2D eigenvalue weighted by Crippen LogP contribution is 2.35. The van der Waals surface area contributed by atoms with Crippen molar-refractivity contribution in [2.45, 2.75) is 0 Å². The molecular weight excluding hydrogens is 242 g/mol. The zero-order valence-corrected chi connectivity index (χ0v) is 9.07. The molecule has 1 saturated heterocycles. The lowest BCUT2D eigenvalue weighted by molar-refractivity contribution is 0.252. The van der Waals surface area contributed by atoms with Gasteiger partial charge in [-0.05, 0) is 12.1 Å². The maximum atomic E-state index is 12.9. The van der Waals surface area contributed by atoms with E-state index in [1.807, 2.05) is 0 Å². The van der Waals surface area contributed by atoms with E-state index < -0.39 is 5.82 Å². The van der Waals surface area contributed by atoms with E-state index in [1.54, 1.807) is 0 Å². The third-order valence-corrected chi connectivity index (χ3v) is 2.68. The van der Waals surface area contributed by atoms with Crippen LogP contribution in [0.15, 0.2) is 12.1 Å². The highest BCUT2D eigenvalue weighted by atomic mass is 35.5. The molecule has 2 rings (SSSR count). The number of anilines is 1. The van der Waals surface area contributed by atoms with Gasteiger partial charge in [-0.15, -0.1) is 0 Å². The molecule has 0 aromatic heterocycles. The molecule has 6 heteroatoms. The van der Waals surface area contributed by atoms with Gasteiger partial charge in [-0.25, -0.2) is 9.18 Å². The van der Waals surface area contributed by atoms with Gasteiger partial charge in [0.2, 0.25) is 0 Å². The van der Waals surface area contributed by atoms with E-state index in [-0.39, 0.29) is 16.1 Å². The number of carbonyl (C=O) groups excluding carboxylic acids is 1. The molecule has 0 saturated carbocycles. The van der Waals surface area contributed by atoms with Crippen molar-refractivity contribution < 1.29 is 9.18 Å². The summed E-state index contributed by atoms with van der Waals surface area (Å²) in [4.78, 5) is 12.8. The van der Waals surface area contributed by atoms with Crippen molar-refractivity contribution in [3.63, 3.8) is 0 Å². The van der Waals surface area contributed by atoms with Crippen LogP contribution in [0.25, 0.3) is 0 Å². The van der Waals surface area contributed by atoms with Gasteiger partial charge >= 0.3 is 6.03 Å². The molecule has 0 atom stereocenters. The van der Waals surface area contributed by atoms with Crippen molar-refractivity contribution in [2.24, 2.45) is 0 Å². The van der Waals surface area contributed by atoms with Crippen molar-refractivity contribution in [2.75, 3.05) is 18.0 Å². The van der Waals surface area contributed by atoms with E-state index in [0.29, 0.717) is 18.8 Å². The molecule has 80 valence electrons. The number of nitrogens with one attached hydrogen (secondary N) is 1. The molecule has 1 N–H and O–H groups in total. The van der Waals surface area contributed by atoms with Gasteiger partial charge in [0.1, 0.15) is 5.82 Å². The zero-order valence-electron chi connectivity index (χ0n) is 7.56. The van der Waals surface area contributed by atoms with Gasteiger partial charge in [0.05, 0.1) is 15.7 Å². The lowest BCUT2D eigenvalue weighted by Gasteiger charge is -2.17. The standard InChI is InChI=1S/C9H7Cl2FN2O/c10-6-3-5(12)4-7(11)8(6)14-2-1-13-9(14)15/h3-4H,1-2H2,(H,13,15). The van der Waals surface area contributed by atoms with Crippen LogP contribution < -0.4 is 10.2 Å². The van der Waals surface area contributed by atoms with Crippen LogP contribution in [0.5, 0.6) is 0 Å². The molecule has 3 nitrogen and oxygen atoms in total. The summed E-state index contributed by atoms with van der Waals surface area (Å²) >= 11 is 11.7. The number of amides is 2. The number of benzene rings is 1. The number of hydrogen-bond donors (Lipinski definition) is 1. The SMILES string of the molecule is O=C1NCCN1c1c(Cl)cc(F)cc1Cl. The fourth-order valence-corrected chi connectivity index (χ4v) is 2.14. The van der Waals surface area contributed by atoms with Gasteiger partial charge in [0, 0.05) is 13.1 Å². The molecule has 0 spiro atoms. The minimum absolute atomic E-state index is 0.136. The van der Waals surface area contributed by atoms with E-state index in [9.17, 15) is 9.18 Å². The van der Waals surface area contributed by atoms with Crippen molar-refractivity contribution in [1.29, 1.82) is 0 Å². The van der Waals surface area contributed by atoms with Crippen LogP contribution in [-0.2, 0) is 0 Å². The Kier molecular flexibility index (Phi) is 2.71. The van der Waals surface area contributed by atoms with Gasteiger partial charge in [-0.2, -0.15) is 0 Å². The topological polar surface area (TPSA) is 32.3 Å². The smallest absolute Gasteiger partial charge is 0.322 e. The third-order valence-electron chi connectivity index (χ3n) is 2.11. The number of hydrogen-bond acceptors (Lipinski definition) is 1. The summed E-state index contributed by atoms with van der Waals surface area (Å²) < 4.78 is 12.9. The summed E-state index contributed by atoms with van der Waals surface area (Å²) in [5.74, 6) is -0.520. The molecule has 1 aromatic rings. The van der Waals surface area contributed by atoms with Crippen LogP contribution in [0.4, 0.5) is 14.9 Å². The van der Waals surface area contributed by atoms with E-state index in [0.717, 1.165) is 12.1 Å². The maximum absolute atomic E-state index is 12.9. The van der Waals surface area contributed by atoms with Crippen molar-refractivity contribution in [3.05, 3.63) is 28.0 Å². The summed E-state index contributed by atoms with van der Waals surface area (Å²) in [6.45, 7) is 1.01. The third kappa shape index (κ3) is 1.87. The second-order valence-electron chi connectivity index (χ2n) is 3.10. The van der Waals surface area contributed by atoms with E-state index in [2.05, 4.69) is 5.32 Å². The summed E-state index contributed by atoms with van der Waals surface area (Å²) in [6, 6.07) is 1.99. The van der Waals surface area contributed by atoms with E-state index in [1.165, 1.54) is 4.90 Å². The summed E-state index contributed by atoms with van der Waals surface area (Å²) in [5, 5.41) is 2.89. The Labute approximate surface area is 95.8 Å². The average Bonchev–Trinajstić information content (AvgIpc) is 2.50. The molecule has 0 unspecified atom stereocenters.